The van der Waals surface area contributed by atoms with E-state index in [-0.39, 0.29) is 5.69 Å². The average Bonchev–Trinajstić information content (AvgIpc) is 2.71. The zero-order valence-corrected chi connectivity index (χ0v) is 8.01. The van der Waals surface area contributed by atoms with E-state index in [2.05, 4.69) is 5.16 Å². The van der Waals surface area contributed by atoms with Crippen LogP contribution < -0.4 is 0 Å². The lowest BCUT2D eigenvalue weighted by atomic mass is 10.1. The van der Waals surface area contributed by atoms with Crippen LogP contribution >= 0.6 is 0 Å². The number of aryl methyl sites for hydroxylation is 1. The maximum Gasteiger partial charge on any atom is 0.270 e. The second kappa shape index (κ2) is 3.53. The average molecular weight is 204 g/mol. The van der Waals surface area contributed by atoms with Gasteiger partial charge in [0.2, 0.25) is 0 Å². The Bertz CT molecular complexity index is 491. The fraction of sp³-hybridized carbons (Fsp3) is 0.100. The number of nitrogens with zero attached hydrogens (tertiary/aromatic N) is 2. The summed E-state index contributed by atoms with van der Waals surface area (Å²) in [5, 5.41) is 14.3. The van der Waals surface area contributed by atoms with Crippen LogP contribution in [0.2, 0.25) is 0 Å². The molecule has 0 aliphatic carbocycles. The second-order valence-electron chi connectivity index (χ2n) is 3.14. The van der Waals surface area contributed by atoms with Crippen LogP contribution in [0.5, 0.6) is 0 Å². The van der Waals surface area contributed by atoms with E-state index in [1.807, 2.05) is 6.92 Å². The molecule has 0 unspecified atom stereocenters. The Morgan fingerprint density at radius 2 is 2.20 bits per heavy atom. The Labute approximate surface area is 85.5 Å². The minimum atomic E-state index is -0.428. The van der Waals surface area contributed by atoms with Crippen molar-refractivity contribution < 1.29 is 9.45 Å². The SMILES string of the molecule is Cc1ccc([N+](=O)[O-])cc1-c1ccon1. The number of nitro benzene ring substituents is 1. The normalized spacial score (nSPS) is 10.2. The zero-order chi connectivity index (χ0) is 10.8. The van der Waals surface area contributed by atoms with E-state index in [1.165, 1.54) is 18.4 Å². The van der Waals surface area contributed by atoms with Crippen molar-refractivity contribution in [2.75, 3.05) is 0 Å². The second-order valence-corrected chi connectivity index (χ2v) is 3.14. The van der Waals surface area contributed by atoms with Crippen molar-refractivity contribution in [2.45, 2.75) is 6.92 Å². The number of hydrogen-bond donors (Lipinski definition) is 0. The molecule has 2 rings (SSSR count). The third-order valence-electron chi connectivity index (χ3n) is 2.15. The van der Waals surface area contributed by atoms with Gasteiger partial charge >= 0.3 is 0 Å². The first-order chi connectivity index (χ1) is 7.18. The molecular formula is C10H8N2O3. The van der Waals surface area contributed by atoms with Crippen LogP contribution in [0.4, 0.5) is 5.69 Å². The topological polar surface area (TPSA) is 69.2 Å². The number of non-ortho nitro benzene ring substituents is 1. The van der Waals surface area contributed by atoms with Crippen molar-refractivity contribution in [3.63, 3.8) is 0 Å². The number of rotatable bonds is 2. The van der Waals surface area contributed by atoms with E-state index in [0.29, 0.717) is 5.69 Å². The fourth-order valence-corrected chi connectivity index (χ4v) is 1.35. The van der Waals surface area contributed by atoms with Gasteiger partial charge < -0.3 is 4.52 Å². The summed E-state index contributed by atoms with van der Waals surface area (Å²) in [7, 11) is 0. The molecule has 0 radical (unpaired) electrons. The van der Waals surface area contributed by atoms with Crippen LogP contribution in [0, 0.1) is 17.0 Å². The molecule has 0 spiro atoms. The van der Waals surface area contributed by atoms with Crippen molar-refractivity contribution in [1.82, 2.24) is 5.16 Å². The molecule has 5 nitrogen and oxygen atoms in total. The summed E-state index contributed by atoms with van der Waals surface area (Å²) >= 11 is 0. The summed E-state index contributed by atoms with van der Waals surface area (Å²) in [5.41, 5.74) is 2.31. The van der Waals surface area contributed by atoms with Gasteiger partial charge in [0.1, 0.15) is 12.0 Å². The minimum Gasteiger partial charge on any atom is -0.364 e. The van der Waals surface area contributed by atoms with E-state index in [0.717, 1.165) is 11.1 Å². The highest BCUT2D eigenvalue weighted by atomic mass is 16.6. The molecule has 76 valence electrons. The summed E-state index contributed by atoms with van der Waals surface area (Å²) in [6.07, 6.45) is 1.44. The standard InChI is InChI=1S/C10H8N2O3/c1-7-2-3-8(12(13)14)6-9(7)10-4-5-15-11-10/h2-6H,1H3. The Morgan fingerprint density at radius 1 is 1.40 bits per heavy atom. The van der Waals surface area contributed by atoms with Gasteiger partial charge in [0.05, 0.1) is 4.92 Å². The number of aromatic nitrogens is 1. The molecule has 0 amide bonds. The Hall–Kier alpha value is -2.17. The van der Waals surface area contributed by atoms with E-state index in [4.69, 9.17) is 4.52 Å². The summed E-state index contributed by atoms with van der Waals surface area (Å²) in [5.74, 6) is 0. The summed E-state index contributed by atoms with van der Waals surface area (Å²) in [6.45, 7) is 1.87. The van der Waals surface area contributed by atoms with Crippen molar-refractivity contribution in [3.05, 3.63) is 46.2 Å². The lowest BCUT2D eigenvalue weighted by Gasteiger charge is -2.00. The summed E-state index contributed by atoms with van der Waals surface area (Å²) < 4.78 is 4.70. The van der Waals surface area contributed by atoms with Gasteiger partial charge in [0, 0.05) is 23.8 Å². The molecule has 1 aromatic carbocycles. The van der Waals surface area contributed by atoms with Gasteiger partial charge in [0.25, 0.3) is 5.69 Å². The van der Waals surface area contributed by atoms with Crippen molar-refractivity contribution >= 4 is 5.69 Å². The molecule has 2 aromatic rings. The van der Waals surface area contributed by atoms with Crippen LogP contribution in [-0.2, 0) is 0 Å². The molecule has 15 heavy (non-hydrogen) atoms. The third-order valence-corrected chi connectivity index (χ3v) is 2.15. The molecule has 1 heterocycles. The number of benzene rings is 1. The lowest BCUT2D eigenvalue weighted by Crippen LogP contribution is -1.90. The fourth-order valence-electron chi connectivity index (χ4n) is 1.35. The van der Waals surface area contributed by atoms with Gasteiger partial charge in [-0.1, -0.05) is 11.2 Å². The smallest absolute Gasteiger partial charge is 0.270 e. The quantitative estimate of drug-likeness (QED) is 0.556. The first kappa shape index (κ1) is 9.39. The van der Waals surface area contributed by atoms with Crippen molar-refractivity contribution in [3.8, 4) is 11.3 Å². The minimum absolute atomic E-state index is 0.0543. The Kier molecular flexibility index (Phi) is 2.21. The van der Waals surface area contributed by atoms with Crippen LogP contribution in [0.15, 0.2) is 35.1 Å². The molecule has 0 aliphatic rings. The predicted molar refractivity (Wildman–Crippen MR) is 53.3 cm³/mol. The van der Waals surface area contributed by atoms with Gasteiger partial charge in [-0.3, -0.25) is 10.1 Å². The third kappa shape index (κ3) is 1.71. The van der Waals surface area contributed by atoms with Gasteiger partial charge in [-0.05, 0) is 12.5 Å². The Morgan fingerprint density at radius 3 is 2.80 bits per heavy atom. The van der Waals surface area contributed by atoms with Crippen LogP contribution in [0.25, 0.3) is 11.3 Å². The first-order valence-corrected chi connectivity index (χ1v) is 4.34. The molecule has 0 saturated carbocycles. The highest BCUT2D eigenvalue weighted by molar-refractivity contribution is 5.65. The molecule has 0 saturated heterocycles. The molecular weight excluding hydrogens is 196 g/mol. The van der Waals surface area contributed by atoms with Gasteiger partial charge in [-0.25, -0.2) is 0 Å². The predicted octanol–water partition coefficient (Wildman–Crippen LogP) is 2.56. The van der Waals surface area contributed by atoms with Crippen LogP contribution in [0.1, 0.15) is 5.56 Å². The monoisotopic (exact) mass is 204 g/mol. The molecule has 1 aromatic heterocycles. The number of hydrogen-bond acceptors (Lipinski definition) is 4. The van der Waals surface area contributed by atoms with E-state index in [1.54, 1.807) is 12.1 Å². The first-order valence-electron chi connectivity index (χ1n) is 4.34. The Balaban J connectivity index is 2.55. The lowest BCUT2D eigenvalue weighted by molar-refractivity contribution is -0.384. The highest BCUT2D eigenvalue weighted by Crippen LogP contribution is 2.25. The highest BCUT2D eigenvalue weighted by Gasteiger charge is 2.11. The molecule has 5 heteroatoms. The summed E-state index contributed by atoms with van der Waals surface area (Å²) in [6, 6.07) is 6.33. The largest absolute Gasteiger partial charge is 0.364 e. The van der Waals surface area contributed by atoms with Gasteiger partial charge in [0.15, 0.2) is 0 Å². The van der Waals surface area contributed by atoms with E-state index >= 15 is 0 Å². The number of nitro groups is 1. The molecule has 0 atom stereocenters. The zero-order valence-electron chi connectivity index (χ0n) is 8.01. The summed E-state index contributed by atoms with van der Waals surface area (Å²) in [4.78, 5) is 10.2. The molecule has 0 fully saturated rings. The van der Waals surface area contributed by atoms with Gasteiger partial charge in [-0.15, -0.1) is 0 Å². The van der Waals surface area contributed by atoms with Gasteiger partial charge in [-0.2, -0.15) is 0 Å². The molecule has 0 aliphatic heterocycles. The molecule has 0 N–H and O–H groups in total. The van der Waals surface area contributed by atoms with Crippen molar-refractivity contribution in [1.29, 1.82) is 0 Å². The van der Waals surface area contributed by atoms with Crippen LogP contribution in [-0.4, -0.2) is 10.1 Å². The van der Waals surface area contributed by atoms with E-state index < -0.39 is 4.92 Å². The van der Waals surface area contributed by atoms with E-state index in [9.17, 15) is 10.1 Å². The van der Waals surface area contributed by atoms with Crippen molar-refractivity contribution in [2.24, 2.45) is 0 Å². The molecule has 0 bridgehead atoms. The maximum absolute atomic E-state index is 10.6. The van der Waals surface area contributed by atoms with Crippen LogP contribution in [0.3, 0.4) is 0 Å². The maximum atomic E-state index is 10.6.